The number of hydrogen-bond acceptors (Lipinski definition) is 6. The van der Waals surface area contributed by atoms with Crippen LogP contribution in [-0.4, -0.2) is 39.5 Å². The summed E-state index contributed by atoms with van der Waals surface area (Å²) in [6, 6.07) is 12.7. The molecule has 0 bridgehead atoms. The van der Waals surface area contributed by atoms with E-state index >= 15 is 0 Å². The van der Waals surface area contributed by atoms with E-state index in [9.17, 15) is 8.42 Å². The third kappa shape index (κ3) is 4.25. The standard InChI is InChI=1S/C23H27N3O5S/c1-29-19-13-17(14-20(30-2)23(19)31-3)25-32(27,28)21-15-26(18-11-7-8-12-18)24-22(21)16-9-5-4-6-10-16/h4-6,9-10,13-15,18,25H,7-8,11-12H2,1-3H3. The van der Waals surface area contributed by atoms with Crippen LogP contribution in [0.4, 0.5) is 5.69 Å². The van der Waals surface area contributed by atoms with E-state index in [0.29, 0.717) is 28.6 Å². The summed E-state index contributed by atoms with van der Waals surface area (Å²) in [5.74, 6) is 1.10. The predicted molar refractivity (Wildman–Crippen MR) is 122 cm³/mol. The van der Waals surface area contributed by atoms with Crippen molar-refractivity contribution in [3.8, 4) is 28.5 Å². The van der Waals surface area contributed by atoms with Crippen LogP contribution in [0.5, 0.6) is 17.2 Å². The van der Waals surface area contributed by atoms with Crippen LogP contribution >= 0.6 is 0 Å². The first-order chi connectivity index (χ1) is 15.5. The van der Waals surface area contributed by atoms with Crippen LogP contribution in [0.2, 0.25) is 0 Å². The quantitative estimate of drug-likeness (QED) is 0.536. The van der Waals surface area contributed by atoms with Gasteiger partial charge in [-0.25, -0.2) is 8.42 Å². The van der Waals surface area contributed by atoms with Crippen LogP contribution in [0.25, 0.3) is 11.3 Å². The SMILES string of the molecule is COc1cc(NS(=O)(=O)c2cn(C3CCCC3)nc2-c2ccccc2)cc(OC)c1OC. The number of sulfonamides is 1. The molecule has 2 aromatic carbocycles. The Hall–Kier alpha value is -3.20. The average molecular weight is 458 g/mol. The lowest BCUT2D eigenvalue weighted by atomic mass is 10.2. The summed E-state index contributed by atoms with van der Waals surface area (Å²) in [5, 5.41) is 4.69. The van der Waals surface area contributed by atoms with Gasteiger partial charge in [0.1, 0.15) is 10.6 Å². The number of ether oxygens (including phenoxy) is 3. The maximum atomic E-state index is 13.5. The number of aromatic nitrogens is 2. The minimum Gasteiger partial charge on any atom is -0.493 e. The smallest absolute Gasteiger partial charge is 0.265 e. The molecular formula is C23H27N3O5S. The molecule has 0 amide bonds. The molecule has 9 heteroatoms. The van der Waals surface area contributed by atoms with E-state index in [-0.39, 0.29) is 10.9 Å². The second kappa shape index (κ2) is 9.12. The zero-order valence-electron chi connectivity index (χ0n) is 18.4. The molecule has 0 radical (unpaired) electrons. The maximum absolute atomic E-state index is 13.5. The summed E-state index contributed by atoms with van der Waals surface area (Å²) < 4.78 is 47.5. The van der Waals surface area contributed by atoms with E-state index in [1.165, 1.54) is 21.3 Å². The van der Waals surface area contributed by atoms with Crippen LogP contribution in [0.1, 0.15) is 31.7 Å². The average Bonchev–Trinajstić information content (AvgIpc) is 3.49. The van der Waals surface area contributed by atoms with E-state index in [4.69, 9.17) is 19.3 Å². The van der Waals surface area contributed by atoms with Gasteiger partial charge in [0.15, 0.2) is 11.5 Å². The summed E-state index contributed by atoms with van der Waals surface area (Å²) in [7, 11) is 0.500. The van der Waals surface area contributed by atoms with Crippen molar-refractivity contribution in [3.63, 3.8) is 0 Å². The van der Waals surface area contributed by atoms with E-state index in [1.807, 2.05) is 30.3 Å². The molecule has 1 aromatic heterocycles. The highest BCUT2D eigenvalue weighted by Gasteiger charge is 2.28. The molecule has 1 aliphatic carbocycles. The van der Waals surface area contributed by atoms with E-state index in [2.05, 4.69) is 4.72 Å². The molecule has 0 spiro atoms. The van der Waals surface area contributed by atoms with Gasteiger partial charge in [-0.1, -0.05) is 43.2 Å². The van der Waals surface area contributed by atoms with Crippen molar-refractivity contribution >= 4 is 15.7 Å². The molecule has 32 heavy (non-hydrogen) atoms. The Morgan fingerprint density at radius 1 is 0.969 bits per heavy atom. The number of nitrogens with zero attached hydrogens (tertiary/aromatic N) is 2. The highest BCUT2D eigenvalue weighted by molar-refractivity contribution is 7.92. The van der Waals surface area contributed by atoms with Crippen LogP contribution in [0.15, 0.2) is 53.6 Å². The molecule has 3 aromatic rings. The molecular weight excluding hydrogens is 430 g/mol. The fourth-order valence-corrected chi connectivity index (χ4v) is 5.27. The largest absolute Gasteiger partial charge is 0.493 e. The van der Waals surface area contributed by atoms with Crippen molar-refractivity contribution in [2.75, 3.05) is 26.1 Å². The summed E-state index contributed by atoms with van der Waals surface area (Å²) in [6.07, 6.45) is 5.87. The van der Waals surface area contributed by atoms with Gasteiger partial charge in [0.05, 0.1) is 33.1 Å². The topological polar surface area (TPSA) is 91.7 Å². The molecule has 8 nitrogen and oxygen atoms in total. The number of methoxy groups -OCH3 is 3. The summed E-state index contributed by atoms with van der Waals surface area (Å²) >= 11 is 0. The Morgan fingerprint density at radius 3 is 2.16 bits per heavy atom. The van der Waals surface area contributed by atoms with E-state index in [1.54, 1.807) is 23.0 Å². The number of rotatable bonds is 8. The molecule has 1 aliphatic rings. The first-order valence-corrected chi connectivity index (χ1v) is 11.9. The van der Waals surface area contributed by atoms with Gasteiger partial charge >= 0.3 is 0 Å². The summed E-state index contributed by atoms with van der Waals surface area (Å²) in [5.41, 5.74) is 1.47. The van der Waals surface area contributed by atoms with Crippen LogP contribution in [0.3, 0.4) is 0 Å². The van der Waals surface area contributed by atoms with Gasteiger partial charge in [-0.3, -0.25) is 9.40 Å². The van der Waals surface area contributed by atoms with Crippen molar-refractivity contribution in [2.24, 2.45) is 0 Å². The Bertz CT molecular complexity index is 1160. The van der Waals surface area contributed by atoms with Gasteiger partial charge < -0.3 is 14.2 Å². The van der Waals surface area contributed by atoms with Gasteiger partial charge in [-0.2, -0.15) is 5.10 Å². The van der Waals surface area contributed by atoms with Crippen molar-refractivity contribution < 1.29 is 22.6 Å². The molecule has 0 aliphatic heterocycles. The highest BCUT2D eigenvalue weighted by atomic mass is 32.2. The number of hydrogen-bond donors (Lipinski definition) is 1. The Morgan fingerprint density at radius 2 is 1.59 bits per heavy atom. The lowest BCUT2D eigenvalue weighted by Gasteiger charge is -2.15. The van der Waals surface area contributed by atoms with Crippen LogP contribution in [0, 0.1) is 0 Å². The van der Waals surface area contributed by atoms with E-state index < -0.39 is 10.0 Å². The normalized spacial score (nSPS) is 14.3. The predicted octanol–water partition coefficient (Wildman–Crippen LogP) is 4.49. The molecule has 0 saturated heterocycles. The Balaban J connectivity index is 1.77. The van der Waals surface area contributed by atoms with Crippen molar-refractivity contribution in [3.05, 3.63) is 48.7 Å². The maximum Gasteiger partial charge on any atom is 0.265 e. The molecule has 1 N–H and O–H groups in total. The third-order valence-corrected chi connectivity index (χ3v) is 7.03. The Labute approximate surface area is 188 Å². The van der Waals surface area contributed by atoms with Crippen LogP contribution < -0.4 is 18.9 Å². The Kier molecular flexibility index (Phi) is 6.27. The molecule has 170 valence electrons. The van der Waals surface area contributed by atoms with Gasteiger partial charge in [0.2, 0.25) is 5.75 Å². The fourth-order valence-electron chi connectivity index (χ4n) is 4.07. The second-order valence-corrected chi connectivity index (χ2v) is 9.30. The molecule has 0 atom stereocenters. The number of benzene rings is 2. The van der Waals surface area contributed by atoms with Gasteiger partial charge in [-0.15, -0.1) is 0 Å². The first-order valence-electron chi connectivity index (χ1n) is 10.4. The molecule has 0 unspecified atom stereocenters. The van der Waals surface area contributed by atoms with Gasteiger partial charge in [0.25, 0.3) is 10.0 Å². The molecule has 1 saturated carbocycles. The lowest BCUT2D eigenvalue weighted by molar-refractivity contribution is 0.325. The zero-order valence-corrected chi connectivity index (χ0v) is 19.2. The molecule has 4 rings (SSSR count). The monoisotopic (exact) mass is 457 g/mol. The number of anilines is 1. The van der Waals surface area contributed by atoms with Crippen molar-refractivity contribution in [1.29, 1.82) is 0 Å². The van der Waals surface area contributed by atoms with Crippen molar-refractivity contribution in [2.45, 2.75) is 36.6 Å². The fraction of sp³-hybridized carbons (Fsp3) is 0.348. The second-order valence-electron chi connectivity index (χ2n) is 7.65. The van der Waals surface area contributed by atoms with E-state index in [0.717, 1.165) is 31.2 Å². The molecule has 1 fully saturated rings. The number of nitrogens with one attached hydrogen (secondary N) is 1. The van der Waals surface area contributed by atoms with Crippen LogP contribution in [-0.2, 0) is 10.0 Å². The summed E-state index contributed by atoms with van der Waals surface area (Å²) in [4.78, 5) is 0.129. The third-order valence-electron chi connectivity index (χ3n) is 5.65. The molecule has 1 heterocycles. The minimum atomic E-state index is -3.96. The highest BCUT2D eigenvalue weighted by Crippen LogP contribution is 2.41. The summed E-state index contributed by atoms with van der Waals surface area (Å²) in [6.45, 7) is 0. The lowest BCUT2D eigenvalue weighted by Crippen LogP contribution is -2.14. The van der Waals surface area contributed by atoms with Gasteiger partial charge in [0, 0.05) is 23.9 Å². The zero-order chi connectivity index (χ0) is 22.7. The van der Waals surface area contributed by atoms with Crippen molar-refractivity contribution in [1.82, 2.24) is 9.78 Å². The first kappa shape index (κ1) is 22.0. The minimum absolute atomic E-state index is 0.129. The van der Waals surface area contributed by atoms with Gasteiger partial charge in [-0.05, 0) is 12.8 Å².